The van der Waals surface area contributed by atoms with Crippen LogP contribution in [0.15, 0.2) is 0 Å². The molecule has 5 nitrogen and oxygen atoms in total. The molecule has 5 heteroatoms. The predicted octanol–water partition coefficient (Wildman–Crippen LogP) is -0.349. The maximum Gasteiger partial charge on any atom is 0.325 e. The van der Waals surface area contributed by atoms with E-state index in [0.29, 0.717) is 6.54 Å². The lowest BCUT2D eigenvalue weighted by Gasteiger charge is -2.20. The van der Waals surface area contributed by atoms with Gasteiger partial charge < -0.3 is 14.2 Å². The first-order chi connectivity index (χ1) is 6.53. The molecule has 2 aliphatic heterocycles. The van der Waals surface area contributed by atoms with Crippen molar-refractivity contribution in [2.45, 2.75) is 37.9 Å². The van der Waals surface area contributed by atoms with Crippen molar-refractivity contribution in [1.82, 2.24) is 5.32 Å². The van der Waals surface area contributed by atoms with Crippen molar-refractivity contribution in [3.05, 3.63) is 0 Å². The normalized spacial score (nSPS) is 39.5. The van der Waals surface area contributed by atoms with Gasteiger partial charge in [0.05, 0.1) is 7.11 Å². The third kappa shape index (κ3) is 1.51. The van der Waals surface area contributed by atoms with Gasteiger partial charge in [0.15, 0.2) is 5.79 Å². The highest BCUT2D eigenvalue weighted by Crippen LogP contribution is 2.32. The zero-order chi connectivity index (χ0) is 10.3. The van der Waals surface area contributed by atoms with Gasteiger partial charge in [0.2, 0.25) is 0 Å². The zero-order valence-electron chi connectivity index (χ0n) is 8.57. The highest BCUT2D eigenvalue weighted by atomic mass is 16.8. The van der Waals surface area contributed by atoms with E-state index in [0.717, 1.165) is 0 Å². The molecule has 80 valence electrons. The minimum atomic E-state index is -0.594. The summed E-state index contributed by atoms with van der Waals surface area (Å²) >= 11 is 0. The van der Waals surface area contributed by atoms with Crippen LogP contribution < -0.4 is 5.32 Å². The van der Waals surface area contributed by atoms with Crippen molar-refractivity contribution in [2.24, 2.45) is 0 Å². The first-order valence-electron chi connectivity index (χ1n) is 4.70. The minimum Gasteiger partial charge on any atom is -0.468 e. The number of fused-ring (bicyclic) bond motifs is 1. The number of ether oxygens (including phenoxy) is 3. The SMILES string of the molecule is COC(=O)[C@@H]1NC[C@H]2OC(C)(C)O[C@H]21. The molecule has 2 fully saturated rings. The van der Waals surface area contributed by atoms with Crippen LogP contribution in [0.1, 0.15) is 13.8 Å². The molecule has 0 aromatic carbocycles. The summed E-state index contributed by atoms with van der Waals surface area (Å²) < 4.78 is 15.9. The summed E-state index contributed by atoms with van der Waals surface area (Å²) in [6, 6.07) is -0.397. The average Bonchev–Trinajstić information content (AvgIpc) is 2.58. The van der Waals surface area contributed by atoms with Crippen LogP contribution in [-0.2, 0) is 19.0 Å². The van der Waals surface area contributed by atoms with Crippen LogP contribution in [0.25, 0.3) is 0 Å². The van der Waals surface area contributed by atoms with E-state index in [2.05, 4.69) is 10.1 Å². The second-order valence-corrected chi connectivity index (χ2v) is 4.05. The van der Waals surface area contributed by atoms with E-state index in [9.17, 15) is 4.79 Å². The van der Waals surface area contributed by atoms with Gasteiger partial charge in [-0.2, -0.15) is 0 Å². The lowest BCUT2D eigenvalue weighted by molar-refractivity contribution is -0.162. The van der Waals surface area contributed by atoms with Crippen LogP contribution in [0.5, 0.6) is 0 Å². The molecule has 0 saturated carbocycles. The zero-order valence-corrected chi connectivity index (χ0v) is 8.57. The molecule has 0 radical (unpaired) electrons. The van der Waals surface area contributed by atoms with E-state index in [1.54, 1.807) is 0 Å². The summed E-state index contributed by atoms with van der Waals surface area (Å²) in [7, 11) is 1.37. The van der Waals surface area contributed by atoms with Gasteiger partial charge in [0.1, 0.15) is 18.2 Å². The molecule has 2 heterocycles. The largest absolute Gasteiger partial charge is 0.468 e. The molecular formula is C9H15NO4. The number of carbonyl (C=O) groups is 1. The van der Waals surface area contributed by atoms with Gasteiger partial charge in [-0.05, 0) is 13.8 Å². The van der Waals surface area contributed by atoms with Gasteiger partial charge in [-0.1, -0.05) is 0 Å². The third-order valence-corrected chi connectivity index (χ3v) is 2.54. The molecule has 1 N–H and O–H groups in total. The smallest absolute Gasteiger partial charge is 0.325 e. The Morgan fingerprint density at radius 3 is 2.86 bits per heavy atom. The van der Waals surface area contributed by atoms with Gasteiger partial charge in [0, 0.05) is 6.54 Å². The summed E-state index contributed by atoms with van der Waals surface area (Å²) in [4.78, 5) is 11.3. The maximum absolute atomic E-state index is 11.3. The fraction of sp³-hybridized carbons (Fsp3) is 0.889. The van der Waals surface area contributed by atoms with E-state index in [-0.39, 0.29) is 18.2 Å². The Labute approximate surface area is 82.7 Å². The second-order valence-electron chi connectivity index (χ2n) is 4.05. The van der Waals surface area contributed by atoms with Crippen molar-refractivity contribution in [1.29, 1.82) is 0 Å². The molecule has 14 heavy (non-hydrogen) atoms. The molecule has 2 saturated heterocycles. The number of carbonyl (C=O) groups excluding carboxylic acids is 1. The van der Waals surface area contributed by atoms with E-state index in [1.807, 2.05) is 13.8 Å². The Morgan fingerprint density at radius 2 is 2.21 bits per heavy atom. The van der Waals surface area contributed by atoms with E-state index < -0.39 is 11.8 Å². The van der Waals surface area contributed by atoms with Gasteiger partial charge in [-0.15, -0.1) is 0 Å². The minimum absolute atomic E-state index is 0.0471. The van der Waals surface area contributed by atoms with Crippen LogP contribution >= 0.6 is 0 Å². The number of hydrogen-bond acceptors (Lipinski definition) is 5. The molecule has 0 aromatic heterocycles. The van der Waals surface area contributed by atoms with E-state index >= 15 is 0 Å². The first-order valence-corrected chi connectivity index (χ1v) is 4.70. The molecule has 2 rings (SSSR count). The first kappa shape index (κ1) is 9.89. The van der Waals surface area contributed by atoms with Gasteiger partial charge in [-0.25, -0.2) is 0 Å². The fourth-order valence-corrected chi connectivity index (χ4v) is 2.01. The molecule has 3 atom stereocenters. The Bertz CT molecular complexity index is 253. The molecule has 0 aliphatic carbocycles. The number of methoxy groups -OCH3 is 1. The Balaban J connectivity index is 2.08. The van der Waals surface area contributed by atoms with Crippen molar-refractivity contribution < 1.29 is 19.0 Å². The second kappa shape index (κ2) is 3.18. The monoisotopic (exact) mass is 201 g/mol. The molecule has 0 unspecified atom stereocenters. The Morgan fingerprint density at radius 1 is 1.50 bits per heavy atom. The predicted molar refractivity (Wildman–Crippen MR) is 47.6 cm³/mol. The van der Waals surface area contributed by atoms with Crippen LogP contribution in [-0.4, -0.2) is 43.7 Å². The lowest BCUT2D eigenvalue weighted by Crippen LogP contribution is -2.42. The standard InChI is InChI=1S/C9H15NO4/c1-9(2)13-5-4-10-6(7(5)14-9)8(11)12-3/h5-7,10H,4H2,1-3H3/t5-,6-,7-/m1/s1. The molecule has 0 aromatic rings. The number of hydrogen-bond donors (Lipinski definition) is 1. The summed E-state index contributed by atoms with van der Waals surface area (Å²) in [5.41, 5.74) is 0. The van der Waals surface area contributed by atoms with Gasteiger partial charge in [0.25, 0.3) is 0 Å². The summed E-state index contributed by atoms with van der Waals surface area (Å²) in [6.45, 7) is 4.33. The highest BCUT2D eigenvalue weighted by Gasteiger charge is 2.51. The van der Waals surface area contributed by atoms with Gasteiger partial charge >= 0.3 is 5.97 Å². The van der Waals surface area contributed by atoms with Crippen molar-refractivity contribution in [3.8, 4) is 0 Å². The van der Waals surface area contributed by atoms with Crippen LogP contribution in [0.3, 0.4) is 0 Å². The van der Waals surface area contributed by atoms with Crippen molar-refractivity contribution in [2.75, 3.05) is 13.7 Å². The average molecular weight is 201 g/mol. The molecule has 2 aliphatic rings. The third-order valence-electron chi connectivity index (χ3n) is 2.54. The topological polar surface area (TPSA) is 56.8 Å². The fourth-order valence-electron chi connectivity index (χ4n) is 2.01. The highest BCUT2D eigenvalue weighted by molar-refractivity contribution is 5.77. The Kier molecular flexibility index (Phi) is 2.25. The molecule has 0 amide bonds. The summed E-state index contributed by atoms with van der Waals surface area (Å²) in [6.07, 6.45) is -0.272. The van der Waals surface area contributed by atoms with Crippen LogP contribution in [0, 0.1) is 0 Å². The maximum atomic E-state index is 11.3. The van der Waals surface area contributed by atoms with Crippen LogP contribution in [0.4, 0.5) is 0 Å². The van der Waals surface area contributed by atoms with E-state index in [1.165, 1.54) is 7.11 Å². The summed E-state index contributed by atoms with van der Waals surface area (Å²) in [5, 5.41) is 3.02. The van der Waals surface area contributed by atoms with Crippen molar-refractivity contribution >= 4 is 5.97 Å². The number of nitrogens with one attached hydrogen (secondary N) is 1. The van der Waals surface area contributed by atoms with Crippen molar-refractivity contribution in [3.63, 3.8) is 0 Å². The van der Waals surface area contributed by atoms with E-state index in [4.69, 9.17) is 9.47 Å². The van der Waals surface area contributed by atoms with Gasteiger partial charge in [-0.3, -0.25) is 10.1 Å². The summed E-state index contributed by atoms with van der Waals surface area (Å²) in [5.74, 6) is -0.886. The molecule has 0 bridgehead atoms. The Hall–Kier alpha value is -0.650. The molecule has 0 spiro atoms. The lowest BCUT2D eigenvalue weighted by atomic mass is 10.1. The number of esters is 1. The number of rotatable bonds is 1. The molecular weight excluding hydrogens is 186 g/mol. The van der Waals surface area contributed by atoms with Crippen LogP contribution in [0.2, 0.25) is 0 Å². The quantitative estimate of drug-likeness (QED) is 0.588.